The van der Waals surface area contributed by atoms with Gasteiger partial charge < -0.3 is 9.47 Å². The van der Waals surface area contributed by atoms with Crippen LogP contribution >= 0.6 is 11.5 Å². The molecule has 1 aromatic heterocycles. The summed E-state index contributed by atoms with van der Waals surface area (Å²) >= 11 is 0.983. The lowest BCUT2D eigenvalue weighted by molar-refractivity contribution is 0.245. The molecule has 2 aromatic carbocycles. The van der Waals surface area contributed by atoms with Crippen molar-refractivity contribution in [2.75, 3.05) is 27.3 Å². The molecule has 1 aliphatic heterocycles. The average Bonchev–Trinajstić information content (AvgIpc) is 3.06. The van der Waals surface area contributed by atoms with Crippen LogP contribution in [0.5, 0.6) is 11.5 Å². The van der Waals surface area contributed by atoms with Crippen molar-refractivity contribution in [3.8, 4) is 17.2 Å². The Morgan fingerprint density at radius 2 is 1.67 bits per heavy atom. The van der Waals surface area contributed by atoms with Crippen LogP contribution in [0.15, 0.2) is 52.1 Å². The van der Waals surface area contributed by atoms with E-state index in [4.69, 9.17) is 9.47 Å². The number of hydrogen-bond acceptors (Lipinski definition) is 6. The van der Waals surface area contributed by atoms with E-state index in [0.29, 0.717) is 12.2 Å². The topological polar surface area (TPSA) is 65.7 Å². The number of fused-ring (bicyclic) bond motifs is 1. The highest BCUT2D eigenvalue weighted by Crippen LogP contribution is 2.33. The molecule has 8 heteroatoms. The lowest BCUT2D eigenvalue weighted by Crippen LogP contribution is -2.32. The van der Waals surface area contributed by atoms with E-state index in [0.717, 1.165) is 55.5 Å². The second-order valence-corrected chi connectivity index (χ2v) is 8.24. The molecule has 0 amide bonds. The first kappa shape index (κ1) is 20.4. The summed E-state index contributed by atoms with van der Waals surface area (Å²) in [4.78, 5) is 27.1. The van der Waals surface area contributed by atoms with Gasteiger partial charge in [0.1, 0.15) is 0 Å². The molecule has 2 heterocycles. The third kappa shape index (κ3) is 4.06. The number of methoxy groups -OCH3 is 2. The van der Waals surface area contributed by atoms with Crippen molar-refractivity contribution in [1.82, 2.24) is 13.4 Å². The van der Waals surface area contributed by atoms with Crippen LogP contribution in [0.25, 0.3) is 5.69 Å². The van der Waals surface area contributed by atoms with E-state index in [2.05, 4.69) is 17.0 Å². The molecule has 0 saturated heterocycles. The molecule has 0 N–H and O–H groups in total. The van der Waals surface area contributed by atoms with Crippen molar-refractivity contribution >= 4 is 11.5 Å². The normalized spacial score (nSPS) is 13.8. The van der Waals surface area contributed by atoms with Crippen molar-refractivity contribution in [2.24, 2.45) is 0 Å². The Morgan fingerprint density at radius 1 is 0.967 bits per heavy atom. The van der Waals surface area contributed by atoms with Crippen LogP contribution in [0, 0.1) is 0 Å². The van der Waals surface area contributed by atoms with Crippen molar-refractivity contribution in [3.63, 3.8) is 0 Å². The molecule has 0 atom stereocenters. The predicted octanol–water partition coefficient (Wildman–Crippen LogP) is 2.53. The molecule has 0 bridgehead atoms. The summed E-state index contributed by atoms with van der Waals surface area (Å²) in [5, 5.41) is 0. The Bertz CT molecular complexity index is 1130. The molecule has 158 valence electrons. The van der Waals surface area contributed by atoms with E-state index < -0.39 is 0 Å². The molecule has 30 heavy (non-hydrogen) atoms. The highest BCUT2D eigenvalue weighted by Gasteiger charge is 2.19. The first-order chi connectivity index (χ1) is 14.6. The van der Waals surface area contributed by atoms with Crippen LogP contribution < -0.4 is 20.0 Å². The van der Waals surface area contributed by atoms with Crippen molar-refractivity contribution < 1.29 is 9.47 Å². The fourth-order valence-corrected chi connectivity index (χ4v) is 4.70. The molecular formula is C22H25N3O4S. The van der Waals surface area contributed by atoms with Gasteiger partial charge in [0, 0.05) is 37.7 Å². The van der Waals surface area contributed by atoms with Crippen LogP contribution in [-0.4, -0.2) is 40.7 Å². The van der Waals surface area contributed by atoms with Crippen molar-refractivity contribution in [2.45, 2.75) is 25.9 Å². The van der Waals surface area contributed by atoms with Gasteiger partial charge in [-0.2, -0.15) is 0 Å². The maximum atomic E-state index is 12.7. The number of para-hydroxylation sites is 1. The summed E-state index contributed by atoms with van der Waals surface area (Å²) < 4.78 is 13.6. The highest BCUT2D eigenvalue weighted by atomic mass is 32.1. The molecule has 0 radical (unpaired) electrons. The van der Waals surface area contributed by atoms with Gasteiger partial charge in [-0.3, -0.25) is 9.69 Å². The van der Waals surface area contributed by atoms with Gasteiger partial charge in [0.2, 0.25) is 0 Å². The van der Waals surface area contributed by atoms with Crippen LogP contribution in [-0.2, 0) is 19.5 Å². The quantitative estimate of drug-likeness (QED) is 0.580. The van der Waals surface area contributed by atoms with Crippen LogP contribution in [0.2, 0.25) is 0 Å². The van der Waals surface area contributed by atoms with Crippen LogP contribution in [0.4, 0.5) is 0 Å². The summed E-state index contributed by atoms with van der Waals surface area (Å²) in [5.41, 5.74) is 2.88. The maximum Gasteiger partial charge on any atom is 0.345 e. The summed E-state index contributed by atoms with van der Waals surface area (Å²) in [6.45, 7) is 3.19. The molecular weight excluding hydrogens is 402 g/mol. The summed E-state index contributed by atoms with van der Waals surface area (Å²) in [6, 6.07) is 13.2. The zero-order valence-corrected chi connectivity index (χ0v) is 18.0. The molecule has 0 unspecified atom stereocenters. The number of benzene rings is 2. The Morgan fingerprint density at radius 3 is 2.37 bits per heavy atom. The van der Waals surface area contributed by atoms with Gasteiger partial charge in [0.25, 0.3) is 0 Å². The molecule has 0 saturated carbocycles. The Balaban J connectivity index is 1.40. The molecule has 3 aromatic rings. The number of rotatable bonds is 7. The lowest BCUT2D eigenvalue weighted by atomic mass is 9.98. The largest absolute Gasteiger partial charge is 0.493 e. The number of hydrogen-bond donors (Lipinski definition) is 0. The molecule has 0 spiro atoms. The number of nitrogens with zero attached hydrogens (tertiary/aromatic N) is 3. The number of aryl methyl sites for hydroxylation is 1. The van der Waals surface area contributed by atoms with Crippen LogP contribution in [0.1, 0.15) is 17.5 Å². The van der Waals surface area contributed by atoms with Gasteiger partial charge in [-0.25, -0.2) is 13.3 Å². The first-order valence-electron chi connectivity index (χ1n) is 9.95. The van der Waals surface area contributed by atoms with E-state index >= 15 is 0 Å². The molecule has 0 aliphatic carbocycles. The molecule has 4 rings (SSSR count). The average molecular weight is 428 g/mol. The Kier molecular flexibility index (Phi) is 6.06. The predicted molar refractivity (Wildman–Crippen MR) is 117 cm³/mol. The van der Waals surface area contributed by atoms with Gasteiger partial charge in [-0.05, 0) is 48.2 Å². The third-order valence-corrected chi connectivity index (χ3v) is 6.32. The van der Waals surface area contributed by atoms with E-state index in [1.54, 1.807) is 30.3 Å². The van der Waals surface area contributed by atoms with Gasteiger partial charge in [0.05, 0.1) is 19.9 Å². The second-order valence-electron chi connectivity index (χ2n) is 7.27. The fraction of sp³-hybridized carbons (Fsp3) is 0.364. The van der Waals surface area contributed by atoms with Crippen molar-refractivity contribution in [3.05, 3.63) is 73.7 Å². The lowest BCUT2D eigenvalue weighted by Gasteiger charge is -2.29. The zero-order valence-electron chi connectivity index (χ0n) is 17.2. The second kappa shape index (κ2) is 8.89. The van der Waals surface area contributed by atoms with E-state index in [-0.39, 0.29) is 10.6 Å². The Labute approximate surface area is 178 Å². The molecule has 7 nitrogen and oxygen atoms in total. The number of aromatic nitrogens is 2. The van der Waals surface area contributed by atoms with E-state index in [1.807, 2.05) is 18.2 Å². The van der Waals surface area contributed by atoms with E-state index in [9.17, 15) is 9.59 Å². The van der Waals surface area contributed by atoms with E-state index in [1.165, 1.54) is 15.7 Å². The highest BCUT2D eigenvalue weighted by molar-refractivity contribution is 7.03. The van der Waals surface area contributed by atoms with Gasteiger partial charge >= 0.3 is 10.6 Å². The monoisotopic (exact) mass is 427 g/mol. The summed E-state index contributed by atoms with van der Waals surface area (Å²) in [7, 11) is 3.30. The standard InChI is InChI=1S/C22H25N3O4S/c1-28-19-13-16-9-12-23(15-17(16)14-20(19)29-2)10-6-11-24-21(26)25(22(27)30-24)18-7-4-3-5-8-18/h3-5,7-8,13-14H,6,9-12,15H2,1-2H3. The summed E-state index contributed by atoms with van der Waals surface area (Å²) in [5.74, 6) is 1.51. The molecule has 1 aliphatic rings. The zero-order chi connectivity index (χ0) is 21.1. The number of ether oxygens (including phenoxy) is 2. The minimum Gasteiger partial charge on any atom is -0.493 e. The smallest absolute Gasteiger partial charge is 0.345 e. The summed E-state index contributed by atoms with van der Waals surface area (Å²) in [6.07, 6.45) is 1.75. The molecule has 0 fully saturated rings. The SMILES string of the molecule is COc1cc2c(cc1OC)CN(CCCn1sc(=O)n(-c3ccccc3)c1=O)CC2. The van der Waals surface area contributed by atoms with Crippen molar-refractivity contribution in [1.29, 1.82) is 0 Å². The minimum absolute atomic E-state index is 0.251. The fourth-order valence-electron chi connectivity index (χ4n) is 3.87. The minimum atomic E-state index is -0.267. The first-order valence-corrected chi connectivity index (χ1v) is 10.7. The third-order valence-electron chi connectivity index (χ3n) is 5.42. The van der Waals surface area contributed by atoms with Gasteiger partial charge in [0.15, 0.2) is 11.5 Å². The van der Waals surface area contributed by atoms with Crippen LogP contribution in [0.3, 0.4) is 0 Å². The van der Waals surface area contributed by atoms with Gasteiger partial charge in [-0.1, -0.05) is 18.2 Å². The van der Waals surface area contributed by atoms with Gasteiger partial charge in [-0.15, -0.1) is 0 Å². The maximum absolute atomic E-state index is 12.7. The Hall–Kier alpha value is -2.84.